The molecule has 11 rings (SSSR count). The van der Waals surface area contributed by atoms with E-state index in [0.29, 0.717) is 0 Å². The monoisotopic (exact) mass is 719 g/mol. The van der Waals surface area contributed by atoms with Crippen molar-refractivity contribution in [1.82, 2.24) is 0 Å². The number of furan rings is 1. The van der Waals surface area contributed by atoms with Gasteiger partial charge < -0.3 is 9.32 Å². The van der Waals surface area contributed by atoms with E-state index < -0.39 is 0 Å². The van der Waals surface area contributed by atoms with Crippen molar-refractivity contribution in [3.63, 3.8) is 0 Å². The van der Waals surface area contributed by atoms with Crippen LogP contribution in [0.2, 0.25) is 0 Å². The molecule has 0 saturated heterocycles. The summed E-state index contributed by atoms with van der Waals surface area (Å²) < 4.78 is 9.00. The Morgan fingerprint density at radius 3 is 1.84 bits per heavy atom. The summed E-state index contributed by atoms with van der Waals surface area (Å²) in [5.74, 6) is 0. The zero-order chi connectivity index (χ0) is 36.3. The van der Waals surface area contributed by atoms with Crippen LogP contribution in [0, 0.1) is 0 Å². The van der Waals surface area contributed by atoms with Crippen molar-refractivity contribution in [1.29, 1.82) is 0 Å². The van der Waals surface area contributed by atoms with Crippen LogP contribution in [0.25, 0.3) is 86.3 Å². The van der Waals surface area contributed by atoms with Crippen LogP contribution in [0.1, 0.15) is 0 Å². The Morgan fingerprint density at radius 2 is 0.945 bits per heavy atom. The summed E-state index contributed by atoms with van der Waals surface area (Å²) in [7, 11) is 0. The van der Waals surface area contributed by atoms with Crippen molar-refractivity contribution in [2.75, 3.05) is 4.90 Å². The fourth-order valence-corrected chi connectivity index (χ4v) is 9.66. The zero-order valence-corrected chi connectivity index (χ0v) is 30.6. The smallest absolute Gasteiger partial charge is 0.137 e. The molecule has 0 aliphatic carbocycles. The summed E-state index contributed by atoms with van der Waals surface area (Å²) in [4.78, 5) is 2.45. The Balaban J connectivity index is 1.14. The van der Waals surface area contributed by atoms with Crippen molar-refractivity contribution in [3.8, 4) is 33.4 Å². The Labute approximate surface area is 322 Å². The first-order valence-corrected chi connectivity index (χ1v) is 19.5. The summed E-state index contributed by atoms with van der Waals surface area (Å²) in [6, 6.07) is 72.1. The molecule has 55 heavy (non-hydrogen) atoms. The highest BCUT2D eigenvalue weighted by Gasteiger charge is 2.23. The van der Waals surface area contributed by atoms with Gasteiger partial charge in [0.15, 0.2) is 0 Å². The number of hydrogen-bond donors (Lipinski definition) is 0. The number of nitrogens with zero attached hydrogens (tertiary/aromatic N) is 1. The third-order valence-electron chi connectivity index (χ3n) is 10.9. The van der Waals surface area contributed by atoms with Crippen LogP contribution in [0.4, 0.5) is 17.1 Å². The van der Waals surface area contributed by atoms with Crippen LogP contribution < -0.4 is 4.90 Å². The fourth-order valence-electron chi connectivity index (χ4n) is 8.32. The van der Waals surface area contributed by atoms with Crippen LogP contribution in [0.5, 0.6) is 0 Å². The van der Waals surface area contributed by atoms with Gasteiger partial charge in [-0.05, 0) is 80.6 Å². The maximum Gasteiger partial charge on any atom is 0.137 e. The topological polar surface area (TPSA) is 16.4 Å². The lowest BCUT2D eigenvalue weighted by molar-refractivity contribution is 0.669. The third kappa shape index (κ3) is 5.24. The number of anilines is 3. The molecule has 0 unspecified atom stereocenters. The highest BCUT2D eigenvalue weighted by molar-refractivity contribution is 7.27. The molecule has 0 spiro atoms. The van der Waals surface area contributed by atoms with Crippen molar-refractivity contribution in [2.45, 2.75) is 0 Å². The third-order valence-corrected chi connectivity index (χ3v) is 12.2. The van der Waals surface area contributed by atoms with E-state index in [4.69, 9.17) is 4.42 Å². The molecule has 11 aromatic rings. The molecule has 3 heteroatoms. The number of para-hydroxylation sites is 1. The number of benzene rings is 9. The lowest BCUT2D eigenvalue weighted by Gasteiger charge is -2.27. The molecule has 0 saturated carbocycles. The van der Waals surface area contributed by atoms with Gasteiger partial charge in [0.2, 0.25) is 0 Å². The summed E-state index contributed by atoms with van der Waals surface area (Å²) in [6.45, 7) is 0. The molecule has 258 valence electrons. The normalized spacial score (nSPS) is 11.6. The van der Waals surface area contributed by atoms with Gasteiger partial charge in [-0.25, -0.2) is 0 Å². The van der Waals surface area contributed by atoms with Gasteiger partial charge in [0.1, 0.15) is 11.2 Å². The van der Waals surface area contributed by atoms with E-state index in [0.717, 1.165) is 39.0 Å². The van der Waals surface area contributed by atoms with E-state index >= 15 is 0 Å². The van der Waals surface area contributed by atoms with E-state index in [1.165, 1.54) is 64.3 Å². The molecule has 0 fully saturated rings. The SMILES string of the molecule is c1ccc(-c2ccc(-c3cccc4c3sc3c(N(c5cccc(-c6cccc7ccccc67)c5)c5cccc6oc7ccccc7c56)cccc34)cc2)cc1. The summed E-state index contributed by atoms with van der Waals surface area (Å²) in [5.41, 5.74) is 12.4. The van der Waals surface area contributed by atoms with Crippen LogP contribution >= 0.6 is 11.3 Å². The van der Waals surface area contributed by atoms with Gasteiger partial charge in [0, 0.05) is 26.5 Å². The molecule has 0 atom stereocenters. The first kappa shape index (κ1) is 31.6. The van der Waals surface area contributed by atoms with Crippen molar-refractivity contribution in [2.24, 2.45) is 0 Å². The standard InChI is InChI=1S/C52H33NOS/c1-2-13-34(14-3-1)35-29-31-37(32-30-35)42-22-10-23-43-44-24-11-26-47(52(44)55-51(42)43)53(46-25-12-28-49-50(46)45-20-6-7-27-48(45)54-49)39-18-8-17-38(33-39)41-21-9-16-36-15-4-5-19-40(36)41/h1-33H. The predicted molar refractivity (Wildman–Crippen MR) is 235 cm³/mol. The minimum Gasteiger partial charge on any atom is -0.456 e. The van der Waals surface area contributed by atoms with E-state index in [9.17, 15) is 0 Å². The largest absolute Gasteiger partial charge is 0.456 e. The molecule has 0 aliphatic rings. The van der Waals surface area contributed by atoms with Gasteiger partial charge in [-0.3, -0.25) is 0 Å². The maximum absolute atomic E-state index is 6.47. The number of hydrogen-bond acceptors (Lipinski definition) is 3. The van der Waals surface area contributed by atoms with Crippen molar-refractivity contribution in [3.05, 3.63) is 200 Å². The Morgan fingerprint density at radius 1 is 0.364 bits per heavy atom. The molecular weight excluding hydrogens is 687 g/mol. The first-order valence-electron chi connectivity index (χ1n) is 18.7. The molecule has 2 nitrogen and oxygen atoms in total. The van der Waals surface area contributed by atoms with Gasteiger partial charge in [-0.1, -0.05) is 164 Å². The van der Waals surface area contributed by atoms with Gasteiger partial charge in [0.05, 0.1) is 21.5 Å². The maximum atomic E-state index is 6.47. The van der Waals surface area contributed by atoms with Gasteiger partial charge >= 0.3 is 0 Å². The van der Waals surface area contributed by atoms with Gasteiger partial charge in [-0.15, -0.1) is 11.3 Å². The quantitative estimate of drug-likeness (QED) is 0.170. The zero-order valence-electron chi connectivity index (χ0n) is 29.8. The van der Waals surface area contributed by atoms with Crippen LogP contribution in [0.15, 0.2) is 205 Å². The minimum absolute atomic E-state index is 0.874. The summed E-state index contributed by atoms with van der Waals surface area (Å²) >= 11 is 1.88. The fraction of sp³-hybridized carbons (Fsp3) is 0. The second-order valence-corrected chi connectivity index (χ2v) is 15.1. The van der Waals surface area contributed by atoms with Crippen LogP contribution in [0.3, 0.4) is 0 Å². The second-order valence-electron chi connectivity index (χ2n) is 14.0. The highest BCUT2D eigenvalue weighted by atomic mass is 32.1. The number of fused-ring (bicyclic) bond motifs is 7. The summed E-state index contributed by atoms with van der Waals surface area (Å²) in [5, 5.41) is 7.20. The molecule has 9 aromatic carbocycles. The van der Waals surface area contributed by atoms with E-state index in [1.807, 2.05) is 17.4 Å². The van der Waals surface area contributed by atoms with E-state index in [-0.39, 0.29) is 0 Å². The molecular formula is C52H33NOS. The number of thiophene rings is 1. The Bertz CT molecular complexity index is 3200. The molecule has 0 radical (unpaired) electrons. The molecule has 0 bridgehead atoms. The molecule has 2 aromatic heterocycles. The Hall–Kier alpha value is -6.94. The average Bonchev–Trinajstić information content (AvgIpc) is 3.84. The molecule has 0 amide bonds. The van der Waals surface area contributed by atoms with Gasteiger partial charge in [-0.2, -0.15) is 0 Å². The second kappa shape index (κ2) is 12.9. The van der Waals surface area contributed by atoms with Gasteiger partial charge in [0.25, 0.3) is 0 Å². The average molecular weight is 720 g/mol. The highest BCUT2D eigenvalue weighted by Crippen LogP contribution is 2.50. The lowest BCUT2D eigenvalue weighted by Crippen LogP contribution is -2.10. The number of rotatable bonds is 6. The van der Waals surface area contributed by atoms with Crippen molar-refractivity contribution >= 4 is 81.3 Å². The Kier molecular flexibility index (Phi) is 7.39. The molecule has 2 heterocycles. The molecule has 0 aliphatic heterocycles. The van der Waals surface area contributed by atoms with E-state index in [1.54, 1.807) is 0 Å². The minimum atomic E-state index is 0.874. The van der Waals surface area contributed by atoms with Crippen LogP contribution in [-0.2, 0) is 0 Å². The first-order chi connectivity index (χ1) is 27.3. The predicted octanol–water partition coefficient (Wildman–Crippen LogP) is 15.6. The van der Waals surface area contributed by atoms with E-state index in [2.05, 4.69) is 199 Å². The molecule has 0 N–H and O–H groups in total. The van der Waals surface area contributed by atoms with Crippen molar-refractivity contribution < 1.29 is 4.42 Å². The lowest BCUT2D eigenvalue weighted by atomic mass is 9.97. The summed E-state index contributed by atoms with van der Waals surface area (Å²) in [6.07, 6.45) is 0. The van der Waals surface area contributed by atoms with Crippen LogP contribution in [-0.4, -0.2) is 0 Å².